The molecule has 1 aromatic heterocycles. The number of anilines is 1. The summed E-state index contributed by atoms with van der Waals surface area (Å²) in [6, 6.07) is 11.2. The molecule has 0 saturated carbocycles. The third-order valence-corrected chi connectivity index (χ3v) is 5.55. The van der Waals surface area contributed by atoms with Crippen LogP contribution in [0.25, 0.3) is 0 Å². The van der Waals surface area contributed by atoms with Crippen LogP contribution in [0, 0.1) is 0 Å². The molecule has 1 aliphatic rings. The number of aromatic hydroxyl groups is 1. The molecule has 1 saturated heterocycles. The SMILES string of the molecule is CN=C(NCCCNC(=O)c1cccs1)N1CCN(c2ccccc2O)CC1. The highest BCUT2D eigenvalue weighted by molar-refractivity contribution is 7.12. The largest absolute Gasteiger partial charge is 0.506 e. The molecule has 8 heteroatoms. The highest BCUT2D eigenvalue weighted by Gasteiger charge is 2.21. The molecular weight excluding hydrogens is 374 g/mol. The summed E-state index contributed by atoms with van der Waals surface area (Å²) >= 11 is 1.45. The van der Waals surface area contributed by atoms with E-state index in [2.05, 4.69) is 25.4 Å². The van der Waals surface area contributed by atoms with Crippen molar-refractivity contribution in [2.45, 2.75) is 6.42 Å². The van der Waals surface area contributed by atoms with Crippen LogP contribution in [0.15, 0.2) is 46.8 Å². The van der Waals surface area contributed by atoms with Gasteiger partial charge in [0, 0.05) is 46.3 Å². The predicted molar refractivity (Wildman–Crippen MR) is 115 cm³/mol. The zero-order valence-corrected chi connectivity index (χ0v) is 16.9. The Labute approximate surface area is 169 Å². The van der Waals surface area contributed by atoms with Crippen LogP contribution in [0.4, 0.5) is 5.69 Å². The Hall–Kier alpha value is -2.74. The number of nitrogens with zero attached hydrogens (tertiary/aromatic N) is 3. The molecule has 1 aromatic carbocycles. The molecule has 0 radical (unpaired) electrons. The second-order valence-corrected chi connectivity index (χ2v) is 7.47. The number of hydrogen-bond donors (Lipinski definition) is 3. The van der Waals surface area contributed by atoms with E-state index in [-0.39, 0.29) is 5.91 Å². The monoisotopic (exact) mass is 401 g/mol. The minimum Gasteiger partial charge on any atom is -0.506 e. The smallest absolute Gasteiger partial charge is 0.261 e. The first-order valence-electron chi connectivity index (χ1n) is 9.49. The van der Waals surface area contributed by atoms with Crippen molar-refractivity contribution in [1.82, 2.24) is 15.5 Å². The lowest BCUT2D eigenvalue weighted by Gasteiger charge is -2.37. The van der Waals surface area contributed by atoms with E-state index < -0.39 is 0 Å². The highest BCUT2D eigenvalue weighted by atomic mass is 32.1. The van der Waals surface area contributed by atoms with Crippen LogP contribution in [0.1, 0.15) is 16.1 Å². The maximum atomic E-state index is 11.9. The number of carbonyl (C=O) groups is 1. The van der Waals surface area contributed by atoms with Crippen molar-refractivity contribution in [2.24, 2.45) is 4.99 Å². The second kappa shape index (κ2) is 9.98. The third kappa shape index (κ3) is 5.16. The number of phenolic OH excluding ortho intramolecular Hbond substituents is 1. The number of aliphatic imine (C=N–C) groups is 1. The van der Waals surface area contributed by atoms with Gasteiger partial charge in [-0.3, -0.25) is 9.79 Å². The zero-order chi connectivity index (χ0) is 19.8. The molecule has 150 valence electrons. The van der Waals surface area contributed by atoms with Gasteiger partial charge in [0.05, 0.1) is 10.6 Å². The summed E-state index contributed by atoms with van der Waals surface area (Å²) in [4.78, 5) is 21.4. The molecule has 0 spiro atoms. The number of carbonyl (C=O) groups excluding carboxylic acids is 1. The zero-order valence-electron chi connectivity index (χ0n) is 16.1. The molecule has 1 amide bonds. The van der Waals surface area contributed by atoms with Gasteiger partial charge >= 0.3 is 0 Å². The summed E-state index contributed by atoms with van der Waals surface area (Å²) in [6.07, 6.45) is 0.827. The molecule has 28 heavy (non-hydrogen) atoms. The minimum atomic E-state index is -0.0142. The topological polar surface area (TPSA) is 80.2 Å². The van der Waals surface area contributed by atoms with Crippen molar-refractivity contribution in [2.75, 3.05) is 51.2 Å². The van der Waals surface area contributed by atoms with Gasteiger partial charge in [-0.05, 0) is 30.0 Å². The average Bonchev–Trinajstić information content (AvgIpc) is 3.26. The third-order valence-electron chi connectivity index (χ3n) is 4.68. The maximum absolute atomic E-state index is 11.9. The van der Waals surface area contributed by atoms with Crippen LogP contribution in [0.2, 0.25) is 0 Å². The number of benzene rings is 1. The van der Waals surface area contributed by atoms with Crippen LogP contribution in [-0.4, -0.2) is 68.2 Å². The summed E-state index contributed by atoms with van der Waals surface area (Å²) in [7, 11) is 1.79. The summed E-state index contributed by atoms with van der Waals surface area (Å²) in [5.41, 5.74) is 0.881. The van der Waals surface area contributed by atoms with Gasteiger partial charge in [-0.25, -0.2) is 0 Å². The summed E-state index contributed by atoms with van der Waals surface area (Å²) in [6.45, 7) is 4.70. The molecule has 2 aromatic rings. The summed E-state index contributed by atoms with van der Waals surface area (Å²) in [5.74, 6) is 1.18. The predicted octanol–water partition coefficient (Wildman–Crippen LogP) is 1.97. The Morgan fingerprint density at radius 2 is 1.86 bits per heavy atom. The lowest BCUT2D eigenvalue weighted by Crippen LogP contribution is -2.52. The van der Waals surface area contributed by atoms with E-state index in [1.165, 1.54) is 11.3 Å². The van der Waals surface area contributed by atoms with Gasteiger partial charge < -0.3 is 25.5 Å². The molecule has 1 fully saturated rings. The lowest BCUT2D eigenvalue weighted by molar-refractivity contribution is 0.0957. The fourth-order valence-electron chi connectivity index (χ4n) is 3.21. The van der Waals surface area contributed by atoms with E-state index in [1.807, 2.05) is 35.7 Å². The Morgan fingerprint density at radius 3 is 2.54 bits per heavy atom. The van der Waals surface area contributed by atoms with Crippen LogP contribution >= 0.6 is 11.3 Å². The van der Waals surface area contributed by atoms with Crippen LogP contribution in [0.3, 0.4) is 0 Å². The number of para-hydroxylation sites is 2. The van der Waals surface area contributed by atoms with E-state index in [4.69, 9.17) is 0 Å². The molecule has 0 bridgehead atoms. The van der Waals surface area contributed by atoms with Crippen molar-refractivity contribution < 1.29 is 9.90 Å². The minimum absolute atomic E-state index is 0.0142. The first-order chi connectivity index (χ1) is 13.7. The lowest BCUT2D eigenvalue weighted by atomic mass is 10.2. The Bertz CT molecular complexity index is 786. The first kappa shape index (κ1) is 20.0. The first-order valence-corrected chi connectivity index (χ1v) is 10.4. The van der Waals surface area contributed by atoms with Crippen molar-refractivity contribution in [1.29, 1.82) is 0 Å². The maximum Gasteiger partial charge on any atom is 0.261 e. The van der Waals surface area contributed by atoms with Gasteiger partial charge in [-0.2, -0.15) is 0 Å². The van der Waals surface area contributed by atoms with E-state index in [0.717, 1.165) is 55.7 Å². The number of phenols is 1. The highest BCUT2D eigenvalue weighted by Crippen LogP contribution is 2.27. The average molecular weight is 402 g/mol. The Kier molecular flexibility index (Phi) is 7.13. The van der Waals surface area contributed by atoms with Crippen molar-refractivity contribution >= 4 is 28.9 Å². The van der Waals surface area contributed by atoms with E-state index in [1.54, 1.807) is 13.1 Å². The number of guanidine groups is 1. The molecule has 3 rings (SSSR count). The number of thiophene rings is 1. The molecule has 3 N–H and O–H groups in total. The van der Waals surface area contributed by atoms with Crippen LogP contribution in [0.5, 0.6) is 5.75 Å². The Morgan fingerprint density at radius 1 is 1.11 bits per heavy atom. The fraction of sp³-hybridized carbons (Fsp3) is 0.400. The van der Waals surface area contributed by atoms with Gasteiger partial charge in [0.2, 0.25) is 0 Å². The molecule has 0 unspecified atom stereocenters. The molecule has 0 atom stereocenters. The Balaban J connectivity index is 1.38. The fourth-order valence-corrected chi connectivity index (χ4v) is 3.85. The summed E-state index contributed by atoms with van der Waals surface area (Å²) < 4.78 is 0. The number of amides is 1. The number of rotatable bonds is 6. The van der Waals surface area contributed by atoms with E-state index >= 15 is 0 Å². The molecule has 2 heterocycles. The van der Waals surface area contributed by atoms with Gasteiger partial charge in [-0.15, -0.1) is 11.3 Å². The standard InChI is InChI=1S/C20H27N5O2S/c1-21-20(23-10-5-9-22-19(27)18-8-4-15-28-18)25-13-11-24(12-14-25)16-6-2-3-7-17(16)26/h2-4,6-8,15,26H,5,9-14H2,1H3,(H,21,23)(H,22,27). The molecule has 1 aliphatic heterocycles. The van der Waals surface area contributed by atoms with Crippen molar-refractivity contribution in [3.05, 3.63) is 46.7 Å². The molecular formula is C20H27N5O2S. The van der Waals surface area contributed by atoms with Gasteiger partial charge in [0.1, 0.15) is 5.75 Å². The quantitative estimate of drug-likeness (QED) is 0.392. The van der Waals surface area contributed by atoms with Crippen LogP contribution in [-0.2, 0) is 0 Å². The summed E-state index contributed by atoms with van der Waals surface area (Å²) in [5, 5.41) is 18.2. The normalized spacial score (nSPS) is 14.8. The number of piperazine rings is 1. The van der Waals surface area contributed by atoms with E-state index in [0.29, 0.717) is 12.3 Å². The van der Waals surface area contributed by atoms with Crippen molar-refractivity contribution in [3.63, 3.8) is 0 Å². The molecule has 7 nitrogen and oxygen atoms in total. The van der Waals surface area contributed by atoms with Crippen molar-refractivity contribution in [3.8, 4) is 5.75 Å². The van der Waals surface area contributed by atoms with Gasteiger partial charge in [-0.1, -0.05) is 18.2 Å². The second-order valence-electron chi connectivity index (χ2n) is 6.52. The number of nitrogens with one attached hydrogen (secondary N) is 2. The molecule has 0 aliphatic carbocycles. The van der Waals surface area contributed by atoms with Crippen LogP contribution < -0.4 is 15.5 Å². The van der Waals surface area contributed by atoms with E-state index in [9.17, 15) is 9.90 Å². The van der Waals surface area contributed by atoms with Gasteiger partial charge in [0.15, 0.2) is 5.96 Å². The number of hydrogen-bond acceptors (Lipinski definition) is 5. The van der Waals surface area contributed by atoms with Gasteiger partial charge in [0.25, 0.3) is 5.91 Å².